The number of hydrogen-bond donors (Lipinski definition) is 1. The minimum atomic E-state index is -1.07. The highest BCUT2D eigenvalue weighted by molar-refractivity contribution is 7.22. The molecule has 3 heterocycles. The fraction of sp³-hybridized carbons (Fsp3) is 0.125. The van der Waals surface area contributed by atoms with Crippen LogP contribution in [0.1, 0.15) is 22.0 Å². The van der Waals surface area contributed by atoms with Gasteiger partial charge in [-0.25, -0.2) is 13.8 Å². The molecule has 11 heteroatoms. The molecule has 1 atom stereocenters. The molecule has 1 unspecified atom stereocenters. The molecule has 0 spiro atoms. The van der Waals surface area contributed by atoms with Crippen LogP contribution in [0.25, 0.3) is 16.0 Å². The fourth-order valence-electron chi connectivity index (χ4n) is 4.02. The van der Waals surface area contributed by atoms with Crippen molar-refractivity contribution in [2.75, 3.05) is 12.0 Å². The molecule has 2 aromatic heterocycles. The lowest BCUT2D eigenvalue weighted by Gasteiger charge is -2.21. The van der Waals surface area contributed by atoms with E-state index in [9.17, 15) is 23.5 Å². The van der Waals surface area contributed by atoms with E-state index in [2.05, 4.69) is 4.98 Å². The lowest BCUT2D eigenvalue weighted by atomic mass is 9.98. The number of ether oxygens (including phenoxy) is 1. The predicted molar refractivity (Wildman–Crippen MR) is 131 cm³/mol. The Morgan fingerprint density at radius 1 is 1.20 bits per heavy atom. The molecule has 1 fully saturated rings. The topological polar surface area (TPSA) is 79.7 Å². The SMILES string of the molecule is COc1c(Cl)cc(C)cc1/C(O)=C1\C(=O)C(=O)N(c2nc3cc(F)c(F)cc3s2)C1c1cccs1. The van der Waals surface area contributed by atoms with Crippen molar-refractivity contribution in [3.05, 3.63) is 80.0 Å². The van der Waals surface area contributed by atoms with Crippen LogP contribution >= 0.6 is 34.3 Å². The van der Waals surface area contributed by atoms with Crippen LogP contribution in [0.15, 0.2) is 47.4 Å². The zero-order valence-corrected chi connectivity index (χ0v) is 20.5. The number of aromatic nitrogens is 1. The average Bonchev–Trinajstić information content (AvgIpc) is 3.52. The van der Waals surface area contributed by atoms with Crippen LogP contribution in [0.4, 0.5) is 13.9 Å². The van der Waals surface area contributed by atoms with Crippen molar-refractivity contribution in [3.8, 4) is 5.75 Å². The molecule has 1 aliphatic rings. The summed E-state index contributed by atoms with van der Waals surface area (Å²) in [7, 11) is 1.38. The minimum Gasteiger partial charge on any atom is -0.507 e. The van der Waals surface area contributed by atoms with Gasteiger partial charge < -0.3 is 9.84 Å². The number of aliphatic hydroxyl groups excluding tert-OH is 1. The monoisotopic (exact) mass is 532 g/mol. The number of amides is 1. The third kappa shape index (κ3) is 3.78. The average molecular weight is 533 g/mol. The fourth-order valence-corrected chi connectivity index (χ4v) is 6.19. The minimum absolute atomic E-state index is 0.0683. The van der Waals surface area contributed by atoms with Crippen molar-refractivity contribution in [1.82, 2.24) is 4.98 Å². The molecular weight excluding hydrogens is 518 g/mol. The maximum atomic E-state index is 13.8. The van der Waals surface area contributed by atoms with Crippen LogP contribution in [-0.4, -0.2) is 28.9 Å². The van der Waals surface area contributed by atoms with Gasteiger partial charge in [0.25, 0.3) is 5.78 Å². The Labute approximate surface area is 210 Å². The first-order valence-electron chi connectivity index (χ1n) is 10.2. The molecule has 1 saturated heterocycles. The van der Waals surface area contributed by atoms with Crippen molar-refractivity contribution < 1.29 is 28.2 Å². The van der Waals surface area contributed by atoms with Gasteiger partial charge in [0.05, 0.1) is 33.5 Å². The number of nitrogens with zero attached hydrogens (tertiary/aromatic N) is 2. The number of thiophene rings is 1. The Morgan fingerprint density at radius 3 is 2.63 bits per heavy atom. The zero-order chi connectivity index (χ0) is 25.0. The number of Topliss-reactive ketones (excluding diaryl/α,β-unsaturated/α-hetero) is 1. The molecule has 178 valence electrons. The number of aliphatic hydroxyl groups is 1. The first-order chi connectivity index (χ1) is 16.7. The van der Waals surface area contributed by atoms with Crippen molar-refractivity contribution in [1.29, 1.82) is 0 Å². The highest BCUT2D eigenvalue weighted by Crippen LogP contribution is 2.47. The molecule has 4 aromatic rings. The molecule has 0 radical (unpaired) electrons. The molecule has 0 aliphatic carbocycles. The molecule has 0 saturated carbocycles. The number of halogens is 3. The van der Waals surface area contributed by atoms with Crippen molar-refractivity contribution >= 4 is 67.1 Å². The van der Waals surface area contributed by atoms with Gasteiger partial charge >= 0.3 is 5.91 Å². The Kier molecular flexibility index (Phi) is 5.82. The van der Waals surface area contributed by atoms with E-state index in [1.807, 2.05) is 0 Å². The molecule has 1 aliphatic heterocycles. The van der Waals surface area contributed by atoms with E-state index in [-0.39, 0.29) is 32.6 Å². The zero-order valence-electron chi connectivity index (χ0n) is 18.1. The van der Waals surface area contributed by atoms with Gasteiger partial charge in [0.1, 0.15) is 17.6 Å². The van der Waals surface area contributed by atoms with Gasteiger partial charge in [-0.3, -0.25) is 14.5 Å². The van der Waals surface area contributed by atoms with E-state index in [0.717, 1.165) is 28.4 Å². The number of anilines is 1. The Balaban J connectivity index is 1.75. The van der Waals surface area contributed by atoms with Gasteiger partial charge in [-0.2, -0.15) is 0 Å². The first-order valence-corrected chi connectivity index (χ1v) is 12.2. The van der Waals surface area contributed by atoms with Crippen LogP contribution < -0.4 is 9.64 Å². The van der Waals surface area contributed by atoms with Gasteiger partial charge in [-0.1, -0.05) is 29.0 Å². The third-order valence-electron chi connectivity index (χ3n) is 5.53. The van der Waals surface area contributed by atoms with E-state index in [1.54, 1.807) is 36.6 Å². The Hall–Kier alpha value is -3.34. The summed E-state index contributed by atoms with van der Waals surface area (Å²) in [5.41, 5.74) is 0.830. The van der Waals surface area contributed by atoms with Crippen molar-refractivity contribution in [2.45, 2.75) is 13.0 Å². The highest BCUT2D eigenvalue weighted by Gasteiger charge is 2.49. The molecule has 1 N–H and O–H groups in total. The van der Waals surface area contributed by atoms with Gasteiger partial charge in [0, 0.05) is 10.9 Å². The summed E-state index contributed by atoms with van der Waals surface area (Å²) in [6.07, 6.45) is 0. The number of benzene rings is 2. The number of thiazole rings is 1. The van der Waals surface area contributed by atoms with Gasteiger partial charge in [-0.05, 0) is 42.1 Å². The van der Waals surface area contributed by atoms with Crippen molar-refractivity contribution in [2.24, 2.45) is 0 Å². The number of methoxy groups -OCH3 is 1. The van der Waals surface area contributed by atoms with Crippen LogP contribution in [0.3, 0.4) is 0 Å². The highest BCUT2D eigenvalue weighted by atomic mass is 35.5. The second-order valence-corrected chi connectivity index (χ2v) is 10.1. The second-order valence-electron chi connectivity index (χ2n) is 7.74. The van der Waals surface area contributed by atoms with E-state index >= 15 is 0 Å². The van der Waals surface area contributed by atoms with Gasteiger partial charge in [-0.15, -0.1) is 11.3 Å². The third-order valence-corrected chi connectivity index (χ3v) is 7.75. The lowest BCUT2D eigenvalue weighted by Crippen LogP contribution is -2.28. The number of aryl methyl sites for hydroxylation is 1. The number of carbonyl (C=O) groups is 2. The molecular formula is C24H15ClF2N2O4S2. The molecule has 2 aromatic carbocycles. The largest absolute Gasteiger partial charge is 0.507 e. The van der Waals surface area contributed by atoms with E-state index < -0.39 is 35.1 Å². The lowest BCUT2D eigenvalue weighted by molar-refractivity contribution is -0.132. The van der Waals surface area contributed by atoms with Gasteiger partial charge in [0.15, 0.2) is 16.8 Å². The molecule has 5 rings (SSSR count). The maximum absolute atomic E-state index is 13.8. The molecule has 35 heavy (non-hydrogen) atoms. The van der Waals surface area contributed by atoms with E-state index in [0.29, 0.717) is 15.1 Å². The summed E-state index contributed by atoms with van der Waals surface area (Å²) >= 11 is 8.50. The van der Waals surface area contributed by atoms with Crippen LogP contribution in [0.5, 0.6) is 5.75 Å². The van der Waals surface area contributed by atoms with Crippen LogP contribution in [0.2, 0.25) is 5.02 Å². The molecule has 6 nitrogen and oxygen atoms in total. The Bertz CT molecular complexity index is 1510. The quantitative estimate of drug-likeness (QED) is 0.191. The van der Waals surface area contributed by atoms with Crippen LogP contribution in [-0.2, 0) is 9.59 Å². The van der Waals surface area contributed by atoms with Gasteiger partial charge in [0.2, 0.25) is 0 Å². The summed E-state index contributed by atoms with van der Waals surface area (Å²) in [5, 5.41) is 13.4. The normalized spacial score (nSPS) is 17.5. The predicted octanol–water partition coefficient (Wildman–Crippen LogP) is 6.23. The standard InChI is InChI=1S/C24H15ClF2N2O4S2/c1-10-6-11(22(33-2)12(25)7-10)20(30)18-19(16-4-3-5-34-16)29(23(32)21(18)31)24-28-15-8-13(26)14(27)9-17(15)35-24/h3-9,19,30H,1-2H3/b20-18+. The summed E-state index contributed by atoms with van der Waals surface area (Å²) in [5.74, 6) is -4.29. The van der Waals surface area contributed by atoms with E-state index in [4.69, 9.17) is 16.3 Å². The smallest absolute Gasteiger partial charge is 0.301 e. The summed E-state index contributed by atoms with van der Waals surface area (Å²) in [6.45, 7) is 1.76. The number of hydrogen-bond acceptors (Lipinski definition) is 7. The number of rotatable bonds is 4. The second kappa shape index (κ2) is 8.71. The summed E-state index contributed by atoms with van der Waals surface area (Å²) < 4.78 is 33.2. The van der Waals surface area contributed by atoms with Crippen molar-refractivity contribution in [3.63, 3.8) is 0 Å². The summed E-state index contributed by atoms with van der Waals surface area (Å²) in [6, 6.07) is 7.61. The number of ketones is 1. The Morgan fingerprint density at radius 2 is 1.94 bits per heavy atom. The summed E-state index contributed by atoms with van der Waals surface area (Å²) in [4.78, 5) is 32.6. The maximum Gasteiger partial charge on any atom is 0.301 e. The van der Waals surface area contributed by atoms with E-state index in [1.165, 1.54) is 18.4 Å². The van der Waals surface area contributed by atoms with Crippen LogP contribution in [0, 0.1) is 18.6 Å². The number of carbonyl (C=O) groups excluding carboxylic acids is 2. The number of fused-ring (bicyclic) bond motifs is 1. The first kappa shape index (κ1) is 23.4. The molecule has 0 bridgehead atoms. The molecule has 1 amide bonds.